The fraction of sp³-hybridized carbons (Fsp3) is 0.273. The molecule has 5 nitrogen and oxygen atoms in total. The number of halogens is 2. The summed E-state index contributed by atoms with van der Waals surface area (Å²) < 4.78 is 28.6. The number of phenols is 1. The summed E-state index contributed by atoms with van der Waals surface area (Å²) in [5, 5.41) is 20.0. The number of benzene rings is 2. The highest BCUT2D eigenvalue weighted by molar-refractivity contribution is 6.05. The van der Waals surface area contributed by atoms with Gasteiger partial charge in [0.25, 0.3) is 5.91 Å². The van der Waals surface area contributed by atoms with Crippen LogP contribution in [-0.2, 0) is 4.79 Å². The van der Waals surface area contributed by atoms with Crippen molar-refractivity contribution < 1.29 is 28.6 Å². The second-order valence-corrected chi connectivity index (χ2v) is 7.17. The molecule has 1 heterocycles. The van der Waals surface area contributed by atoms with Crippen LogP contribution < -0.4 is 0 Å². The molecule has 0 spiro atoms. The van der Waals surface area contributed by atoms with Crippen molar-refractivity contribution in [2.45, 2.75) is 33.1 Å². The smallest absolute Gasteiger partial charge is 0.311 e. The van der Waals surface area contributed by atoms with Gasteiger partial charge in [-0.05, 0) is 48.7 Å². The number of aromatic nitrogens is 1. The summed E-state index contributed by atoms with van der Waals surface area (Å²) in [5.41, 5.74) is 1.01. The molecule has 2 aromatic carbocycles. The van der Waals surface area contributed by atoms with Gasteiger partial charge in [-0.15, -0.1) is 0 Å². The van der Waals surface area contributed by atoms with E-state index in [0.717, 1.165) is 24.3 Å². The lowest BCUT2D eigenvalue weighted by atomic mass is 9.84. The molecule has 0 saturated heterocycles. The van der Waals surface area contributed by atoms with Gasteiger partial charge in [-0.1, -0.05) is 20.3 Å². The SMILES string of the molecule is CC[C@@H](C)C(C(=O)O)c1c(C)n(C(=O)c2ccc(F)cc2)c2cc(F)c(O)cc12. The number of phenolic OH excluding ortho intramolecular Hbond substituents is 1. The number of carboxylic acid groups (broad SMARTS) is 1. The zero-order valence-corrected chi connectivity index (χ0v) is 16.2. The van der Waals surface area contributed by atoms with Crippen molar-refractivity contribution in [3.63, 3.8) is 0 Å². The molecule has 2 atom stereocenters. The molecule has 29 heavy (non-hydrogen) atoms. The van der Waals surface area contributed by atoms with Crippen LogP contribution in [0.15, 0.2) is 36.4 Å². The third kappa shape index (κ3) is 3.48. The first-order chi connectivity index (χ1) is 13.7. The lowest BCUT2D eigenvalue weighted by Gasteiger charge is -2.20. The molecule has 0 amide bonds. The molecule has 0 fully saturated rings. The fourth-order valence-electron chi connectivity index (χ4n) is 3.71. The zero-order valence-electron chi connectivity index (χ0n) is 16.2. The maximum Gasteiger partial charge on any atom is 0.311 e. The molecule has 3 aromatic rings. The molecule has 0 saturated carbocycles. The number of rotatable bonds is 5. The fourth-order valence-corrected chi connectivity index (χ4v) is 3.71. The summed E-state index contributed by atoms with van der Waals surface area (Å²) in [6, 6.07) is 7.06. The van der Waals surface area contributed by atoms with E-state index >= 15 is 0 Å². The van der Waals surface area contributed by atoms with Gasteiger partial charge in [0, 0.05) is 22.7 Å². The van der Waals surface area contributed by atoms with E-state index in [1.54, 1.807) is 13.8 Å². The number of hydrogen-bond acceptors (Lipinski definition) is 3. The van der Waals surface area contributed by atoms with Crippen molar-refractivity contribution in [2.24, 2.45) is 5.92 Å². The first kappa shape index (κ1) is 20.5. The molecule has 152 valence electrons. The minimum Gasteiger partial charge on any atom is -0.505 e. The van der Waals surface area contributed by atoms with Crippen molar-refractivity contribution in [1.29, 1.82) is 0 Å². The summed E-state index contributed by atoms with van der Waals surface area (Å²) >= 11 is 0. The van der Waals surface area contributed by atoms with Crippen molar-refractivity contribution in [3.8, 4) is 5.75 Å². The highest BCUT2D eigenvalue weighted by Crippen LogP contribution is 2.39. The molecule has 3 rings (SSSR count). The number of nitrogens with zero attached hydrogens (tertiary/aromatic N) is 1. The van der Waals surface area contributed by atoms with Crippen molar-refractivity contribution in [1.82, 2.24) is 4.57 Å². The predicted molar refractivity (Wildman–Crippen MR) is 104 cm³/mol. The summed E-state index contributed by atoms with van der Waals surface area (Å²) in [6.45, 7) is 5.23. The van der Waals surface area contributed by atoms with Gasteiger partial charge in [0.05, 0.1) is 11.4 Å². The lowest BCUT2D eigenvalue weighted by molar-refractivity contribution is -0.140. The van der Waals surface area contributed by atoms with Crippen LogP contribution in [0.5, 0.6) is 5.75 Å². The van der Waals surface area contributed by atoms with Crippen molar-refractivity contribution in [3.05, 3.63) is 64.9 Å². The average Bonchev–Trinajstić information content (AvgIpc) is 2.93. The molecule has 0 aliphatic carbocycles. The van der Waals surface area contributed by atoms with Crippen molar-refractivity contribution >= 4 is 22.8 Å². The minimum atomic E-state index is -1.07. The number of fused-ring (bicyclic) bond motifs is 1. The zero-order chi connectivity index (χ0) is 21.5. The van der Waals surface area contributed by atoms with Gasteiger partial charge in [0.2, 0.25) is 0 Å². The standard InChI is InChI=1S/C22H21F2NO4/c1-4-11(2)19(22(28)29)20-12(3)25(17-10-16(24)18(26)9-15(17)20)21(27)13-5-7-14(23)8-6-13/h5-11,19,26H,4H2,1-3H3,(H,28,29)/t11-,19?/m1/s1. The quantitative estimate of drug-likeness (QED) is 0.641. The number of carbonyl (C=O) groups excluding carboxylic acids is 1. The van der Waals surface area contributed by atoms with Gasteiger partial charge in [-0.2, -0.15) is 0 Å². The average molecular weight is 401 g/mol. The van der Waals surface area contributed by atoms with E-state index in [9.17, 15) is 28.6 Å². The molecule has 1 aromatic heterocycles. The van der Waals surface area contributed by atoms with E-state index in [4.69, 9.17) is 0 Å². The molecule has 7 heteroatoms. The summed E-state index contributed by atoms with van der Waals surface area (Å²) in [7, 11) is 0. The van der Waals surface area contributed by atoms with E-state index in [1.807, 2.05) is 6.92 Å². The van der Waals surface area contributed by atoms with E-state index < -0.39 is 35.2 Å². The number of carbonyl (C=O) groups is 2. The minimum absolute atomic E-state index is 0.150. The Balaban J connectivity index is 2.35. The third-order valence-corrected chi connectivity index (χ3v) is 5.41. The molecular formula is C22H21F2NO4. The maximum atomic E-state index is 14.1. The second kappa shape index (κ2) is 7.66. The number of hydrogen-bond donors (Lipinski definition) is 2. The topological polar surface area (TPSA) is 79.5 Å². The highest BCUT2D eigenvalue weighted by Gasteiger charge is 2.33. The predicted octanol–water partition coefficient (Wildman–Crippen LogP) is 4.84. The van der Waals surface area contributed by atoms with Crippen LogP contribution in [0.1, 0.15) is 47.8 Å². The van der Waals surface area contributed by atoms with Crippen LogP contribution in [0.3, 0.4) is 0 Å². The Hall–Kier alpha value is -3.22. The molecule has 0 bridgehead atoms. The van der Waals surface area contributed by atoms with Crippen LogP contribution >= 0.6 is 0 Å². The third-order valence-electron chi connectivity index (χ3n) is 5.41. The number of carboxylic acids is 1. The molecule has 0 radical (unpaired) electrons. The molecule has 0 aliphatic rings. The Labute approximate surface area is 166 Å². The largest absolute Gasteiger partial charge is 0.505 e. The van der Waals surface area contributed by atoms with Gasteiger partial charge >= 0.3 is 5.97 Å². The number of aliphatic carboxylic acids is 1. The molecular weight excluding hydrogens is 380 g/mol. The summed E-state index contributed by atoms with van der Waals surface area (Å²) in [5.74, 6) is -4.89. The van der Waals surface area contributed by atoms with Crippen molar-refractivity contribution in [2.75, 3.05) is 0 Å². The van der Waals surface area contributed by atoms with E-state index in [2.05, 4.69) is 0 Å². The van der Waals surface area contributed by atoms with E-state index in [-0.39, 0.29) is 17.0 Å². The Kier molecular flexibility index (Phi) is 5.42. The Morgan fingerprint density at radius 3 is 2.31 bits per heavy atom. The van der Waals surface area contributed by atoms with Crippen LogP contribution in [0, 0.1) is 24.5 Å². The van der Waals surface area contributed by atoms with E-state index in [0.29, 0.717) is 23.1 Å². The molecule has 2 N–H and O–H groups in total. The van der Waals surface area contributed by atoms with Gasteiger partial charge in [-0.3, -0.25) is 14.2 Å². The molecule has 1 unspecified atom stereocenters. The van der Waals surface area contributed by atoms with Crippen LogP contribution in [0.25, 0.3) is 10.9 Å². The van der Waals surface area contributed by atoms with E-state index in [1.165, 1.54) is 16.7 Å². The monoisotopic (exact) mass is 401 g/mol. The second-order valence-electron chi connectivity index (χ2n) is 7.17. The first-order valence-electron chi connectivity index (χ1n) is 9.23. The number of aromatic hydroxyl groups is 1. The maximum absolute atomic E-state index is 14.1. The van der Waals surface area contributed by atoms with Crippen LogP contribution in [0.2, 0.25) is 0 Å². The van der Waals surface area contributed by atoms with Gasteiger partial charge < -0.3 is 10.2 Å². The first-order valence-corrected chi connectivity index (χ1v) is 9.23. The summed E-state index contributed by atoms with van der Waals surface area (Å²) in [6.07, 6.45) is 0.572. The van der Waals surface area contributed by atoms with Gasteiger partial charge in [0.1, 0.15) is 5.82 Å². The summed E-state index contributed by atoms with van der Waals surface area (Å²) in [4.78, 5) is 25.2. The van der Waals surface area contributed by atoms with Gasteiger partial charge in [0.15, 0.2) is 11.6 Å². The van der Waals surface area contributed by atoms with Crippen LogP contribution in [-0.4, -0.2) is 26.7 Å². The lowest BCUT2D eigenvalue weighted by Crippen LogP contribution is -2.21. The van der Waals surface area contributed by atoms with Gasteiger partial charge in [-0.25, -0.2) is 8.78 Å². The Bertz CT molecular complexity index is 1100. The Morgan fingerprint density at radius 1 is 1.14 bits per heavy atom. The molecule has 0 aliphatic heterocycles. The highest BCUT2D eigenvalue weighted by atomic mass is 19.1. The Morgan fingerprint density at radius 2 is 1.76 bits per heavy atom. The van der Waals surface area contributed by atoms with Crippen LogP contribution in [0.4, 0.5) is 8.78 Å². The normalized spacial score (nSPS) is 13.4.